The molecule has 4 rings (SSSR count). The molecule has 0 saturated heterocycles. The molecule has 34 heavy (non-hydrogen) atoms. The van der Waals surface area contributed by atoms with Crippen molar-refractivity contribution in [1.29, 1.82) is 0 Å². The van der Waals surface area contributed by atoms with Crippen molar-refractivity contribution in [2.24, 2.45) is 0 Å². The lowest BCUT2D eigenvalue weighted by atomic mass is 10.1. The molecule has 1 heterocycles. The average molecular weight is 556 g/mol. The van der Waals surface area contributed by atoms with Gasteiger partial charge in [-0.15, -0.1) is 11.3 Å². The number of halogens is 3. The van der Waals surface area contributed by atoms with Crippen LogP contribution in [-0.2, 0) is 25.4 Å². The fraction of sp³-hybridized carbons (Fsp3) is 0.0870. The molecule has 0 unspecified atom stereocenters. The maximum absolute atomic E-state index is 13.5. The molecule has 0 saturated carbocycles. The van der Waals surface area contributed by atoms with Crippen molar-refractivity contribution in [3.8, 4) is 21.7 Å². The van der Waals surface area contributed by atoms with Crippen LogP contribution in [0.25, 0.3) is 21.7 Å². The van der Waals surface area contributed by atoms with Gasteiger partial charge in [-0.1, -0.05) is 53.5 Å². The van der Waals surface area contributed by atoms with E-state index in [9.17, 15) is 21.2 Å². The standard InChI is InChI=1S/C23H16Cl2FNO4S3/c1-33(28,29)20-5-3-2-4-19(20)21-22(15-6-8-18(26)9-7-15)32-23(27-21)34(30,31)13-14-10-16(24)12-17(25)11-14/h2-12H,13H2,1H3. The maximum atomic E-state index is 13.5. The van der Waals surface area contributed by atoms with Crippen LogP contribution in [0, 0.1) is 5.82 Å². The molecule has 0 N–H and O–H groups in total. The Kier molecular flexibility index (Phi) is 6.85. The zero-order valence-corrected chi connectivity index (χ0v) is 21.5. The summed E-state index contributed by atoms with van der Waals surface area (Å²) in [5.41, 5.74) is 1.33. The second kappa shape index (κ2) is 9.39. The molecule has 0 atom stereocenters. The van der Waals surface area contributed by atoms with Crippen molar-refractivity contribution in [3.05, 3.63) is 88.2 Å². The van der Waals surface area contributed by atoms with E-state index in [1.807, 2.05) is 0 Å². The van der Waals surface area contributed by atoms with Crippen LogP contribution in [0.2, 0.25) is 10.0 Å². The molecule has 3 aromatic carbocycles. The number of thiazole rings is 1. The molecular formula is C23H16Cl2FNO4S3. The van der Waals surface area contributed by atoms with Gasteiger partial charge in [-0.05, 0) is 47.5 Å². The largest absolute Gasteiger partial charge is 0.224 e. The van der Waals surface area contributed by atoms with Gasteiger partial charge in [-0.3, -0.25) is 0 Å². The zero-order valence-electron chi connectivity index (χ0n) is 17.5. The summed E-state index contributed by atoms with van der Waals surface area (Å²) in [6.07, 6.45) is 1.07. The summed E-state index contributed by atoms with van der Waals surface area (Å²) in [6, 6.07) is 16.2. The lowest BCUT2D eigenvalue weighted by Crippen LogP contribution is -2.05. The van der Waals surface area contributed by atoms with Crippen LogP contribution in [0.1, 0.15) is 5.56 Å². The zero-order chi connectivity index (χ0) is 24.7. The molecule has 11 heteroatoms. The normalized spacial score (nSPS) is 12.1. The van der Waals surface area contributed by atoms with E-state index in [1.54, 1.807) is 18.2 Å². The van der Waals surface area contributed by atoms with E-state index < -0.39 is 31.2 Å². The fourth-order valence-corrected chi connectivity index (χ4v) is 7.55. The van der Waals surface area contributed by atoms with Crippen molar-refractivity contribution in [2.45, 2.75) is 15.0 Å². The summed E-state index contributed by atoms with van der Waals surface area (Å²) in [4.78, 5) is 4.78. The Hall–Kier alpha value is -2.30. The quantitative estimate of drug-likeness (QED) is 0.279. The molecule has 4 aromatic rings. The number of hydrogen-bond donors (Lipinski definition) is 0. The third kappa shape index (κ3) is 5.34. The highest BCUT2D eigenvalue weighted by atomic mass is 35.5. The van der Waals surface area contributed by atoms with Gasteiger partial charge >= 0.3 is 0 Å². The van der Waals surface area contributed by atoms with Crippen LogP contribution in [-0.4, -0.2) is 28.1 Å². The first-order valence-corrected chi connectivity index (χ1v) is 14.8. The van der Waals surface area contributed by atoms with Crippen molar-refractivity contribution >= 4 is 54.2 Å². The molecule has 5 nitrogen and oxygen atoms in total. The predicted octanol–water partition coefficient (Wildman–Crippen LogP) is 6.30. The molecule has 1 aromatic heterocycles. The van der Waals surface area contributed by atoms with Gasteiger partial charge in [0.2, 0.25) is 14.2 Å². The van der Waals surface area contributed by atoms with Crippen LogP contribution < -0.4 is 0 Å². The average Bonchev–Trinajstić information content (AvgIpc) is 3.19. The van der Waals surface area contributed by atoms with Crippen molar-refractivity contribution in [2.75, 3.05) is 6.26 Å². The number of sulfone groups is 2. The maximum Gasteiger partial charge on any atom is 0.210 e. The Morgan fingerprint density at radius 2 is 1.53 bits per heavy atom. The molecule has 0 radical (unpaired) electrons. The minimum atomic E-state index is -3.95. The fourth-order valence-electron chi connectivity index (χ4n) is 3.37. The Balaban J connectivity index is 1.91. The molecule has 0 amide bonds. The van der Waals surface area contributed by atoms with Crippen LogP contribution in [0.15, 0.2) is 76.0 Å². The van der Waals surface area contributed by atoms with E-state index in [2.05, 4.69) is 4.98 Å². The van der Waals surface area contributed by atoms with Gasteiger partial charge < -0.3 is 0 Å². The predicted molar refractivity (Wildman–Crippen MR) is 133 cm³/mol. The summed E-state index contributed by atoms with van der Waals surface area (Å²) in [5.74, 6) is -0.867. The van der Waals surface area contributed by atoms with Gasteiger partial charge in [-0.2, -0.15) is 0 Å². The Morgan fingerprint density at radius 3 is 2.15 bits per heavy atom. The van der Waals surface area contributed by atoms with Gasteiger partial charge in [0.15, 0.2) is 9.84 Å². The lowest BCUT2D eigenvalue weighted by molar-refractivity contribution is 0.594. The summed E-state index contributed by atoms with van der Waals surface area (Å²) in [5, 5.41) is 0.596. The number of aromatic nitrogens is 1. The van der Waals surface area contributed by atoms with E-state index in [1.165, 1.54) is 48.5 Å². The molecular weight excluding hydrogens is 540 g/mol. The number of benzene rings is 3. The third-order valence-corrected chi connectivity index (χ3v) is 9.64. The second-order valence-corrected chi connectivity index (χ2v) is 13.5. The molecule has 0 aliphatic heterocycles. The van der Waals surface area contributed by atoms with Gasteiger partial charge in [0.25, 0.3) is 0 Å². The van der Waals surface area contributed by atoms with Crippen LogP contribution in [0.4, 0.5) is 4.39 Å². The highest BCUT2D eigenvalue weighted by molar-refractivity contribution is 7.92. The first kappa shape index (κ1) is 24.8. The molecule has 0 aliphatic rings. The highest BCUT2D eigenvalue weighted by Crippen LogP contribution is 2.41. The summed E-state index contributed by atoms with van der Waals surface area (Å²) < 4.78 is 64.7. The van der Waals surface area contributed by atoms with E-state index in [0.717, 1.165) is 17.6 Å². The smallest absolute Gasteiger partial charge is 0.210 e. The van der Waals surface area contributed by atoms with Gasteiger partial charge in [-0.25, -0.2) is 26.2 Å². The first-order chi connectivity index (χ1) is 15.9. The van der Waals surface area contributed by atoms with Crippen molar-refractivity contribution in [3.63, 3.8) is 0 Å². The monoisotopic (exact) mass is 555 g/mol. The van der Waals surface area contributed by atoms with E-state index >= 15 is 0 Å². The molecule has 176 valence electrons. The molecule has 0 spiro atoms. The van der Waals surface area contributed by atoms with Gasteiger partial charge in [0.05, 0.1) is 21.2 Å². The summed E-state index contributed by atoms with van der Waals surface area (Å²) >= 11 is 12.9. The van der Waals surface area contributed by atoms with Crippen molar-refractivity contribution in [1.82, 2.24) is 4.98 Å². The molecule has 0 bridgehead atoms. The second-order valence-electron chi connectivity index (χ2n) is 7.47. The minimum Gasteiger partial charge on any atom is -0.224 e. The van der Waals surface area contributed by atoms with Crippen molar-refractivity contribution < 1.29 is 21.2 Å². The van der Waals surface area contributed by atoms with Crippen LogP contribution in [0.5, 0.6) is 0 Å². The van der Waals surface area contributed by atoms with Crippen LogP contribution >= 0.6 is 34.5 Å². The third-order valence-electron chi connectivity index (χ3n) is 4.80. The topological polar surface area (TPSA) is 81.2 Å². The minimum absolute atomic E-state index is 0.00855. The van der Waals surface area contributed by atoms with Gasteiger partial charge in [0.1, 0.15) is 5.82 Å². The lowest BCUT2D eigenvalue weighted by Gasteiger charge is -2.08. The molecule has 0 aliphatic carbocycles. The van der Waals surface area contributed by atoms with E-state index in [4.69, 9.17) is 23.2 Å². The van der Waals surface area contributed by atoms with E-state index in [-0.39, 0.29) is 20.5 Å². The van der Waals surface area contributed by atoms with E-state index in [0.29, 0.717) is 26.0 Å². The Morgan fingerprint density at radius 1 is 0.912 bits per heavy atom. The highest BCUT2D eigenvalue weighted by Gasteiger charge is 2.27. The SMILES string of the molecule is CS(=O)(=O)c1ccccc1-c1nc(S(=O)(=O)Cc2cc(Cl)cc(Cl)c2)sc1-c1ccc(F)cc1. The number of hydrogen-bond acceptors (Lipinski definition) is 6. The number of rotatable bonds is 6. The Labute approximate surface area is 210 Å². The molecule has 0 fully saturated rings. The van der Waals surface area contributed by atoms with Gasteiger partial charge in [0, 0.05) is 21.9 Å². The Bertz CT molecular complexity index is 1580. The number of nitrogens with zero attached hydrogens (tertiary/aromatic N) is 1. The summed E-state index contributed by atoms with van der Waals surface area (Å²) in [7, 11) is -7.60. The van der Waals surface area contributed by atoms with Crippen LogP contribution in [0.3, 0.4) is 0 Å². The first-order valence-electron chi connectivity index (χ1n) is 9.68. The summed E-state index contributed by atoms with van der Waals surface area (Å²) in [6.45, 7) is 0.